The average Bonchev–Trinajstić information content (AvgIpc) is 2.74. The van der Waals surface area contributed by atoms with Gasteiger partial charge in [0, 0.05) is 19.5 Å². The number of halogens is 1. The highest BCUT2D eigenvalue weighted by Gasteiger charge is 2.21. The number of aromatic nitrogens is 2. The minimum absolute atomic E-state index is 0.555. The molecule has 1 aliphatic heterocycles. The van der Waals surface area contributed by atoms with Crippen LogP contribution in [-0.4, -0.2) is 34.4 Å². The second kappa shape index (κ2) is 7.85. The first-order valence-corrected chi connectivity index (χ1v) is 9.55. The fourth-order valence-corrected chi connectivity index (χ4v) is 4.94. The molecular weight excluding hydrogens is 334 g/mol. The van der Waals surface area contributed by atoms with Gasteiger partial charge < -0.3 is 5.32 Å². The molecule has 1 aliphatic rings. The van der Waals surface area contributed by atoms with E-state index in [2.05, 4.69) is 59.1 Å². The molecule has 1 aromatic rings. The van der Waals surface area contributed by atoms with E-state index in [1.54, 1.807) is 0 Å². The van der Waals surface area contributed by atoms with Gasteiger partial charge in [0.25, 0.3) is 0 Å². The maximum absolute atomic E-state index is 4.60. The summed E-state index contributed by atoms with van der Waals surface area (Å²) in [5, 5.41) is 8.11. The van der Waals surface area contributed by atoms with E-state index >= 15 is 0 Å². The summed E-state index contributed by atoms with van der Waals surface area (Å²) < 4.78 is 3.26. The third kappa shape index (κ3) is 4.01. The Labute approximate surface area is 135 Å². The van der Waals surface area contributed by atoms with Crippen LogP contribution < -0.4 is 5.32 Å². The largest absolute Gasteiger partial charge is 0.317 e. The summed E-state index contributed by atoms with van der Waals surface area (Å²) in [6, 6.07) is 0.555. The highest BCUT2D eigenvalue weighted by molar-refractivity contribution is 9.10. The molecule has 1 saturated heterocycles. The average molecular weight is 360 g/mol. The Hall–Kier alpha value is -0.0000000000000000555. The maximum Gasteiger partial charge on any atom is 0.0766 e. The normalized spacial score (nSPS) is 18.4. The molecule has 1 atom stereocenters. The molecule has 0 aliphatic carbocycles. The van der Waals surface area contributed by atoms with Crippen molar-refractivity contribution >= 4 is 27.7 Å². The van der Waals surface area contributed by atoms with Gasteiger partial charge in [-0.25, -0.2) is 0 Å². The van der Waals surface area contributed by atoms with E-state index < -0.39 is 0 Å². The molecule has 0 bridgehead atoms. The van der Waals surface area contributed by atoms with Crippen molar-refractivity contribution < 1.29 is 0 Å². The fourth-order valence-electron chi connectivity index (χ4n) is 2.96. The topological polar surface area (TPSA) is 29.9 Å². The van der Waals surface area contributed by atoms with Crippen molar-refractivity contribution in [1.29, 1.82) is 0 Å². The third-order valence-corrected chi connectivity index (χ3v) is 6.27. The molecule has 5 heteroatoms. The SMILES string of the molecule is CCc1nn(C)c(CC(CC2CCSCC2)NC)c1Br. The summed E-state index contributed by atoms with van der Waals surface area (Å²) in [5.74, 6) is 3.58. The lowest BCUT2D eigenvalue weighted by atomic mass is 9.92. The van der Waals surface area contributed by atoms with Gasteiger partial charge in [0.15, 0.2) is 0 Å². The predicted molar refractivity (Wildman–Crippen MR) is 91.5 cm³/mol. The van der Waals surface area contributed by atoms with Crippen molar-refractivity contribution in [2.45, 2.75) is 45.1 Å². The van der Waals surface area contributed by atoms with Crippen molar-refractivity contribution in [2.75, 3.05) is 18.6 Å². The Morgan fingerprint density at radius 1 is 1.45 bits per heavy atom. The molecule has 2 heterocycles. The predicted octanol–water partition coefficient (Wildman–Crippen LogP) is 3.41. The van der Waals surface area contributed by atoms with E-state index in [-0.39, 0.29) is 0 Å². The number of hydrogen-bond donors (Lipinski definition) is 1. The van der Waals surface area contributed by atoms with Crippen molar-refractivity contribution in [3.05, 3.63) is 15.9 Å². The molecule has 0 radical (unpaired) electrons. The van der Waals surface area contributed by atoms with Crippen molar-refractivity contribution in [2.24, 2.45) is 13.0 Å². The fraction of sp³-hybridized carbons (Fsp3) is 0.800. The van der Waals surface area contributed by atoms with Gasteiger partial charge in [0.1, 0.15) is 0 Å². The summed E-state index contributed by atoms with van der Waals surface area (Å²) in [4.78, 5) is 0. The molecule has 0 spiro atoms. The summed E-state index contributed by atoms with van der Waals surface area (Å²) in [6.07, 6.45) is 6.10. The Kier molecular flexibility index (Phi) is 6.43. The van der Waals surface area contributed by atoms with Crippen LogP contribution in [-0.2, 0) is 19.9 Å². The number of aryl methyl sites for hydroxylation is 2. The maximum atomic E-state index is 4.60. The van der Waals surface area contributed by atoms with Crippen LogP contribution in [0.4, 0.5) is 0 Å². The summed E-state index contributed by atoms with van der Waals surface area (Å²) in [7, 11) is 4.15. The molecule has 0 aromatic carbocycles. The zero-order valence-electron chi connectivity index (χ0n) is 12.8. The van der Waals surface area contributed by atoms with Crippen LogP contribution in [0.1, 0.15) is 37.6 Å². The van der Waals surface area contributed by atoms with E-state index in [9.17, 15) is 0 Å². The van der Waals surface area contributed by atoms with Crippen molar-refractivity contribution in [3.8, 4) is 0 Å². The first-order chi connectivity index (χ1) is 9.65. The Bertz CT molecular complexity index is 427. The van der Waals surface area contributed by atoms with E-state index in [1.165, 1.54) is 46.6 Å². The van der Waals surface area contributed by atoms with Crippen LogP contribution in [0.3, 0.4) is 0 Å². The molecule has 114 valence electrons. The minimum atomic E-state index is 0.555. The van der Waals surface area contributed by atoms with E-state index in [0.717, 1.165) is 18.8 Å². The van der Waals surface area contributed by atoms with E-state index in [0.29, 0.717) is 6.04 Å². The smallest absolute Gasteiger partial charge is 0.0766 e. The standard InChI is InChI=1S/C15H26BrN3S/c1-4-13-15(16)14(19(3)18-13)10-12(17-2)9-11-5-7-20-8-6-11/h11-12,17H,4-10H2,1-3H3. The molecule has 1 fully saturated rings. The zero-order chi connectivity index (χ0) is 14.5. The van der Waals surface area contributed by atoms with Crippen LogP contribution in [0.2, 0.25) is 0 Å². The molecule has 3 nitrogen and oxygen atoms in total. The molecule has 1 N–H and O–H groups in total. The van der Waals surface area contributed by atoms with Gasteiger partial charge in [-0.15, -0.1) is 0 Å². The molecular formula is C15H26BrN3S. The van der Waals surface area contributed by atoms with E-state index in [1.807, 2.05) is 4.68 Å². The van der Waals surface area contributed by atoms with Gasteiger partial charge in [-0.3, -0.25) is 4.68 Å². The Morgan fingerprint density at radius 3 is 2.70 bits per heavy atom. The quantitative estimate of drug-likeness (QED) is 0.843. The summed E-state index contributed by atoms with van der Waals surface area (Å²) >= 11 is 5.84. The molecule has 20 heavy (non-hydrogen) atoms. The second-order valence-electron chi connectivity index (χ2n) is 5.67. The number of thioether (sulfide) groups is 1. The molecule has 1 unspecified atom stereocenters. The lowest BCUT2D eigenvalue weighted by Crippen LogP contribution is -2.32. The third-order valence-electron chi connectivity index (χ3n) is 4.31. The van der Waals surface area contributed by atoms with E-state index in [4.69, 9.17) is 0 Å². The molecule has 0 amide bonds. The first kappa shape index (κ1) is 16.4. The molecule has 0 saturated carbocycles. The number of nitrogens with one attached hydrogen (secondary N) is 1. The summed E-state index contributed by atoms with van der Waals surface area (Å²) in [5.41, 5.74) is 2.50. The van der Waals surface area contributed by atoms with Crippen LogP contribution in [0, 0.1) is 5.92 Å². The Balaban J connectivity index is 2.00. The van der Waals surface area contributed by atoms with Crippen LogP contribution >= 0.6 is 27.7 Å². The zero-order valence-corrected chi connectivity index (χ0v) is 15.2. The number of rotatable bonds is 6. The second-order valence-corrected chi connectivity index (χ2v) is 7.68. The van der Waals surface area contributed by atoms with Crippen LogP contribution in [0.25, 0.3) is 0 Å². The Morgan fingerprint density at radius 2 is 2.15 bits per heavy atom. The van der Waals surface area contributed by atoms with Crippen LogP contribution in [0.15, 0.2) is 4.47 Å². The monoisotopic (exact) mass is 359 g/mol. The van der Waals surface area contributed by atoms with Crippen molar-refractivity contribution in [1.82, 2.24) is 15.1 Å². The van der Waals surface area contributed by atoms with Gasteiger partial charge in [-0.05, 0) is 66.1 Å². The van der Waals surface area contributed by atoms with Crippen LogP contribution in [0.5, 0.6) is 0 Å². The summed E-state index contributed by atoms with van der Waals surface area (Å²) in [6.45, 7) is 2.16. The van der Waals surface area contributed by atoms with Gasteiger partial charge in [-0.2, -0.15) is 16.9 Å². The van der Waals surface area contributed by atoms with Crippen molar-refractivity contribution in [3.63, 3.8) is 0 Å². The lowest BCUT2D eigenvalue weighted by molar-refractivity contribution is 0.372. The van der Waals surface area contributed by atoms with Gasteiger partial charge in [-0.1, -0.05) is 6.92 Å². The number of likely N-dealkylation sites (N-methyl/N-ethyl adjacent to an activating group) is 1. The number of hydrogen-bond acceptors (Lipinski definition) is 3. The molecule has 2 rings (SSSR count). The lowest BCUT2D eigenvalue weighted by Gasteiger charge is -2.26. The van der Waals surface area contributed by atoms with Gasteiger partial charge in [0.05, 0.1) is 15.9 Å². The highest BCUT2D eigenvalue weighted by Crippen LogP contribution is 2.28. The number of nitrogens with zero attached hydrogens (tertiary/aromatic N) is 2. The van der Waals surface area contributed by atoms with Gasteiger partial charge >= 0.3 is 0 Å². The highest BCUT2D eigenvalue weighted by atomic mass is 79.9. The minimum Gasteiger partial charge on any atom is -0.317 e. The van der Waals surface area contributed by atoms with Gasteiger partial charge in [0.2, 0.25) is 0 Å². The first-order valence-electron chi connectivity index (χ1n) is 7.60. The molecule has 1 aromatic heterocycles.